The molecule has 0 atom stereocenters. The smallest absolute Gasteiger partial charge is 0.278 e. The maximum atomic E-state index is 13.4. The summed E-state index contributed by atoms with van der Waals surface area (Å²) in [6, 6.07) is 13.7. The Bertz CT molecular complexity index is 1040. The highest BCUT2D eigenvalue weighted by molar-refractivity contribution is 6.36. The molecule has 0 spiro atoms. The minimum atomic E-state index is -0.256. The molecule has 6 nitrogen and oxygen atoms in total. The van der Waals surface area contributed by atoms with Gasteiger partial charge in [0.1, 0.15) is 5.70 Å². The Morgan fingerprint density at radius 2 is 1.62 bits per heavy atom. The Kier molecular flexibility index (Phi) is 6.72. The Balaban J connectivity index is 1.59. The van der Waals surface area contributed by atoms with Gasteiger partial charge in [-0.05, 0) is 49.9 Å². The lowest BCUT2D eigenvalue weighted by Gasteiger charge is -2.27. The first-order valence-electron chi connectivity index (χ1n) is 11.3. The van der Waals surface area contributed by atoms with Crippen LogP contribution >= 0.6 is 0 Å². The Morgan fingerprint density at radius 1 is 0.906 bits per heavy atom. The lowest BCUT2D eigenvalue weighted by Crippen LogP contribution is -2.39. The van der Waals surface area contributed by atoms with E-state index in [-0.39, 0.29) is 11.8 Å². The fourth-order valence-electron chi connectivity index (χ4n) is 4.18. The van der Waals surface area contributed by atoms with Crippen LogP contribution in [0.25, 0.3) is 5.57 Å². The molecule has 1 fully saturated rings. The van der Waals surface area contributed by atoms with E-state index in [0.717, 1.165) is 67.2 Å². The third kappa shape index (κ3) is 4.61. The van der Waals surface area contributed by atoms with E-state index in [1.165, 1.54) is 4.90 Å². The molecule has 2 aromatic rings. The molecule has 0 bridgehead atoms. The zero-order valence-corrected chi connectivity index (χ0v) is 19.1. The van der Waals surface area contributed by atoms with Crippen LogP contribution in [0.3, 0.4) is 0 Å². The summed E-state index contributed by atoms with van der Waals surface area (Å²) in [6.07, 6.45) is 0.745. The molecule has 2 aliphatic heterocycles. The largest absolute Gasteiger partial charge is 0.379 e. The Morgan fingerprint density at radius 3 is 2.34 bits per heavy atom. The molecule has 0 radical (unpaired) electrons. The molecular weight excluding hydrogens is 402 g/mol. The molecule has 4 rings (SSSR count). The van der Waals surface area contributed by atoms with Crippen molar-refractivity contribution in [2.45, 2.75) is 27.2 Å². The van der Waals surface area contributed by atoms with E-state index < -0.39 is 0 Å². The summed E-state index contributed by atoms with van der Waals surface area (Å²) in [5.41, 5.74) is 5.72. The van der Waals surface area contributed by atoms with Gasteiger partial charge >= 0.3 is 0 Å². The minimum Gasteiger partial charge on any atom is -0.379 e. The van der Waals surface area contributed by atoms with E-state index in [4.69, 9.17) is 4.74 Å². The Labute approximate surface area is 189 Å². The monoisotopic (exact) mass is 433 g/mol. The molecule has 2 amide bonds. The maximum Gasteiger partial charge on any atom is 0.278 e. The predicted octanol–water partition coefficient (Wildman–Crippen LogP) is 3.53. The van der Waals surface area contributed by atoms with Crippen LogP contribution in [-0.4, -0.2) is 61.0 Å². The van der Waals surface area contributed by atoms with Crippen molar-refractivity contribution in [2.24, 2.45) is 0 Å². The van der Waals surface area contributed by atoms with Crippen LogP contribution in [0.5, 0.6) is 0 Å². The Hall–Kier alpha value is -2.96. The van der Waals surface area contributed by atoms with Crippen LogP contribution in [0.2, 0.25) is 0 Å². The summed E-state index contributed by atoms with van der Waals surface area (Å²) in [6.45, 7) is 10.6. The van der Waals surface area contributed by atoms with Gasteiger partial charge in [-0.3, -0.25) is 19.4 Å². The van der Waals surface area contributed by atoms with Crippen LogP contribution in [-0.2, 0) is 14.3 Å². The number of benzene rings is 2. The molecule has 2 aliphatic rings. The second kappa shape index (κ2) is 9.67. The molecule has 32 heavy (non-hydrogen) atoms. The van der Waals surface area contributed by atoms with Gasteiger partial charge in [0.15, 0.2) is 0 Å². The average Bonchev–Trinajstić information content (AvgIpc) is 3.02. The molecule has 0 saturated carbocycles. The highest BCUT2D eigenvalue weighted by atomic mass is 16.5. The van der Waals surface area contributed by atoms with E-state index in [1.807, 2.05) is 63.2 Å². The molecule has 6 heteroatoms. The molecule has 2 heterocycles. The lowest BCUT2D eigenvalue weighted by molar-refractivity contribution is -0.136. The topological polar surface area (TPSA) is 61.9 Å². The van der Waals surface area contributed by atoms with Crippen molar-refractivity contribution in [3.63, 3.8) is 0 Å². The van der Waals surface area contributed by atoms with Crippen molar-refractivity contribution in [1.82, 2.24) is 9.80 Å². The van der Waals surface area contributed by atoms with Gasteiger partial charge in [-0.15, -0.1) is 0 Å². The van der Waals surface area contributed by atoms with Crippen molar-refractivity contribution in [3.05, 3.63) is 70.4 Å². The zero-order chi connectivity index (χ0) is 22.7. The predicted molar refractivity (Wildman–Crippen MR) is 126 cm³/mol. The summed E-state index contributed by atoms with van der Waals surface area (Å²) in [5.74, 6) is -0.484. The average molecular weight is 434 g/mol. The van der Waals surface area contributed by atoms with Crippen LogP contribution in [0.15, 0.2) is 48.2 Å². The van der Waals surface area contributed by atoms with Crippen molar-refractivity contribution in [3.8, 4) is 0 Å². The van der Waals surface area contributed by atoms with E-state index in [1.54, 1.807) is 0 Å². The highest BCUT2D eigenvalue weighted by Gasteiger charge is 2.39. The fourth-order valence-corrected chi connectivity index (χ4v) is 4.18. The quantitative estimate of drug-likeness (QED) is 0.677. The summed E-state index contributed by atoms with van der Waals surface area (Å²) in [5, 5.41) is 3.30. The van der Waals surface area contributed by atoms with E-state index in [2.05, 4.69) is 10.2 Å². The lowest BCUT2D eigenvalue weighted by atomic mass is 10.0. The number of imide groups is 1. The number of anilines is 1. The second-order valence-corrected chi connectivity index (χ2v) is 8.56. The normalized spacial score (nSPS) is 17.4. The van der Waals surface area contributed by atoms with Crippen molar-refractivity contribution < 1.29 is 14.3 Å². The summed E-state index contributed by atoms with van der Waals surface area (Å²) in [4.78, 5) is 30.5. The van der Waals surface area contributed by atoms with E-state index >= 15 is 0 Å². The number of ether oxygens (including phenoxy) is 1. The van der Waals surface area contributed by atoms with Gasteiger partial charge < -0.3 is 10.1 Å². The van der Waals surface area contributed by atoms with E-state index in [9.17, 15) is 9.59 Å². The number of morpholine rings is 1. The minimum absolute atomic E-state index is 0.228. The van der Waals surface area contributed by atoms with Gasteiger partial charge in [-0.2, -0.15) is 0 Å². The summed E-state index contributed by atoms with van der Waals surface area (Å²) < 4.78 is 5.40. The van der Waals surface area contributed by atoms with Gasteiger partial charge in [0.25, 0.3) is 11.8 Å². The molecule has 1 saturated heterocycles. The molecular formula is C26H31N3O3. The third-order valence-corrected chi connectivity index (χ3v) is 6.33. The third-order valence-electron chi connectivity index (χ3n) is 6.33. The van der Waals surface area contributed by atoms with Gasteiger partial charge in [0.2, 0.25) is 0 Å². The van der Waals surface area contributed by atoms with Crippen molar-refractivity contribution in [1.29, 1.82) is 0 Å². The molecule has 2 aromatic carbocycles. The SMILES string of the molecule is Cc1ccc(C2=C(Nc3cccc(C)c3C)C(=O)N(CCCN3CCOCC3)C2=O)cc1. The number of hydrogen-bond acceptors (Lipinski definition) is 5. The number of carbonyl (C=O) groups is 2. The summed E-state index contributed by atoms with van der Waals surface area (Å²) >= 11 is 0. The first-order valence-corrected chi connectivity index (χ1v) is 11.3. The number of aryl methyl sites for hydroxylation is 2. The molecule has 0 unspecified atom stereocenters. The number of amides is 2. The van der Waals surface area contributed by atoms with Gasteiger partial charge in [-0.1, -0.05) is 42.0 Å². The maximum absolute atomic E-state index is 13.4. The van der Waals surface area contributed by atoms with Gasteiger partial charge in [0.05, 0.1) is 18.8 Å². The van der Waals surface area contributed by atoms with Crippen LogP contribution < -0.4 is 5.32 Å². The first-order chi connectivity index (χ1) is 15.5. The molecule has 0 aliphatic carbocycles. The number of nitrogens with zero attached hydrogens (tertiary/aromatic N) is 2. The number of carbonyl (C=O) groups excluding carboxylic acids is 2. The standard InChI is InChI=1S/C26H31N3O3/c1-18-8-10-21(11-9-18)23-24(27-22-7-4-6-19(2)20(22)3)26(31)29(25(23)30)13-5-12-28-14-16-32-17-15-28/h4,6-11,27H,5,12-17H2,1-3H3. The zero-order valence-electron chi connectivity index (χ0n) is 19.1. The highest BCUT2D eigenvalue weighted by Crippen LogP contribution is 2.32. The number of hydrogen-bond donors (Lipinski definition) is 1. The first kappa shape index (κ1) is 22.2. The molecule has 1 N–H and O–H groups in total. The second-order valence-electron chi connectivity index (χ2n) is 8.56. The van der Waals surface area contributed by atoms with Gasteiger partial charge in [0, 0.05) is 31.9 Å². The van der Waals surface area contributed by atoms with Crippen LogP contribution in [0, 0.1) is 20.8 Å². The number of nitrogens with one attached hydrogen (secondary N) is 1. The van der Waals surface area contributed by atoms with Crippen molar-refractivity contribution >= 4 is 23.1 Å². The van der Waals surface area contributed by atoms with E-state index in [0.29, 0.717) is 17.8 Å². The molecule has 0 aromatic heterocycles. The summed E-state index contributed by atoms with van der Waals surface area (Å²) in [7, 11) is 0. The van der Waals surface area contributed by atoms with Crippen LogP contribution in [0.1, 0.15) is 28.7 Å². The van der Waals surface area contributed by atoms with Crippen LogP contribution in [0.4, 0.5) is 5.69 Å². The molecule has 168 valence electrons. The van der Waals surface area contributed by atoms with Crippen molar-refractivity contribution in [2.75, 3.05) is 44.7 Å². The van der Waals surface area contributed by atoms with Gasteiger partial charge in [-0.25, -0.2) is 0 Å². The number of rotatable bonds is 7. The fraction of sp³-hybridized carbons (Fsp3) is 0.385.